The number of rotatable bonds is 1. The zero-order valence-corrected chi connectivity index (χ0v) is 11.8. The molecule has 1 aromatic heterocycles. The van der Waals surface area contributed by atoms with Gasteiger partial charge in [-0.15, -0.1) is 0 Å². The monoisotopic (exact) mass is 270 g/mol. The number of halogens is 1. The van der Waals surface area contributed by atoms with Gasteiger partial charge in [0.25, 0.3) is 5.56 Å². The second-order valence-electron chi connectivity index (χ2n) is 5.47. The maximum absolute atomic E-state index is 12.2. The third-order valence-electron chi connectivity index (χ3n) is 4.24. The number of hydrogen-bond donors (Lipinski definition) is 1. The summed E-state index contributed by atoms with van der Waals surface area (Å²) in [4.78, 5) is 26.6. The van der Waals surface area contributed by atoms with Gasteiger partial charge < -0.3 is 0 Å². The van der Waals surface area contributed by atoms with Gasteiger partial charge in [0.2, 0.25) is 0 Å². The van der Waals surface area contributed by atoms with E-state index in [1.54, 1.807) is 6.92 Å². The third-order valence-corrected chi connectivity index (χ3v) is 4.62. The predicted octanol–water partition coefficient (Wildman–Crippen LogP) is 2.50. The topological polar surface area (TPSA) is 54.9 Å². The molecular weight excluding hydrogens is 252 g/mol. The molecule has 4 nitrogen and oxygen atoms in total. The van der Waals surface area contributed by atoms with E-state index in [9.17, 15) is 9.59 Å². The Morgan fingerprint density at radius 3 is 2.50 bits per heavy atom. The zero-order chi connectivity index (χ0) is 13.4. The summed E-state index contributed by atoms with van der Waals surface area (Å²) in [7, 11) is 0. The minimum Gasteiger partial charge on any atom is -0.297 e. The summed E-state index contributed by atoms with van der Waals surface area (Å²) in [6.07, 6.45) is 2.82. The SMILES string of the molecule is Cc1c(Cl)[nH]c(=O)n(C2CCC(C)C(C)C2)c1=O. The highest BCUT2D eigenvalue weighted by molar-refractivity contribution is 6.30. The van der Waals surface area contributed by atoms with Crippen molar-refractivity contribution in [3.63, 3.8) is 0 Å². The summed E-state index contributed by atoms with van der Waals surface area (Å²) in [5.74, 6) is 1.19. The summed E-state index contributed by atoms with van der Waals surface area (Å²) in [5.41, 5.74) is -0.222. The third kappa shape index (κ3) is 2.26. The Hall–Kier alpha value is -1.03. The van der Waals surface area contributed by atoms with Crippen LogP contribution < -0.4 is 11.2 Å². The lowest BCUT2D eigenvalue weighted by molar-refractivity contribution is 0.204. The maximum atomic E-state index is 12.2. The minimum absolute atomic E-state index is 0.00316. The van der Waals surface area contributed by atoms with Crippen molar-refractivity contribution in [1.82, 2.24) is 9.55 Å². The van der Waals surface area contributed by atoms with Crippen LogP contribution in [0.25, 0.3) is 0 Å². The van der Waals surface area contributed by atoms with Crippen LogP contribution in [0.2, 0.25) is 5.15 Å². The first-order valence-electron chi connectivity index (χ1n) is 6.42. The van der Waals surface area contributed by atoms with Crippen molar-refractivity contribution in [3.8, 4) is 0 Å². The van der Waals surface area contributed by atoms with Crippen LogP contribution in [0.5, 0.6) is 0 Å². The average molecular weight is 271 g/mol. The van der Waals surface area contributed by atoms with Crippen molar-refractivity contribution in [2.45, 2.75) is 46.1 Å². The molecule has 3 unspecified atom stereocenters. The summed E-state index contributed by atoms with van der Waals surface area (Å²) in [5, 5.41) is 0.151. The molecule has 3 atom stereocenters. The summed E-state index contributed by atoms with van der Waals surface area (Å²) >= 11 is 5.81. The molecule has 2 rings (SSSR count). The van der Waals surface area contributed by atoms with Crippen molar-refractivity contribution < 1.29 is 0 Å². The van der Waals surface area contributed by atoms with Crippen LogP contribution in [0.15, 0.2) is 9.59 Å². The highest BCUT2D eigenvalue weighted by Crippen LogP contribution is 2.34. The molecule has 0 bridgehead atoms. The summed E-state index contributed by atoms with van der Waals surface area (Å²) < 4.78 is 1.35. The Balaban J connectivity index is 2.44. The van der Waals surface area contributed by atoms with Crippen LogP contribution in [0.1, 0.15) is 44.7 Å². The Kier molecular flexibility index (Phi) is 3.66. The lowest BCUT2D eigenvalue weighted by Gasteiger charge is -2.32. The van der Waals surface area contributed by atoms with Gasteiger partial charge in [0.1, 0.15) is 5.15 Å². The van der Waals surface area contributed by atoms with Gasteiger partial charge >= 0.3 is 5.69 Å². The standard InChI is InChI=1S/C13H19ClN2O2/c1-7-4-5-10(6-8(7)2)16-12(17)9(3)11(14)15-13(16)18/h7-8,10H,4-6H2,1-3H3,(H,15,18). The van der Waals surface area contributed by atoms with Gasteiger partial charge in [0.15, 0.2) is 0 Å². The van der Waals surface area contributed by atoms with E-state index in [0.717, 1.165) is 19.3 Å². The van der Waals surface area contributed by atoms with Crippen LogP contribution in [-0.2, 0) is 0 Å². The minimum atomic E-state index is -0.387. The first-order chi connectivity index (χ1) is 8.41. The highest BCUT2D eigenvalue weighted by Gasteiger charge is 2.28. The lowest BCUT2D eigenvalue weighted by Crippen LogP contribution is -2.41. The van der Waals surface area contributed by atoms with Gasteiger partial charge in [-0.1, -0.05) is 25.4 Å². The molecule has 1 heterocycles. The molecule has 1 aliphatic rings. The van der Waals surface area contributed by atoms with Crippen LogP contribution in [-0.4, -0.2) is 9.55 Å². The first kappa shape index (κ1) is 13.4. The molecule has 0 saturated heterocycles. The molecule has 5 heteroatoms. The van der Waals surface area contributed by atoms with Crippen molar-refractivity contribution in [2.24, 2.45) is 11.8 Å². The molecule has 1 aromatic rings. The molecule has 18 heavy (non-hydrogen) atoms. The molecule has 1 N–H and O–H groups in total. The fourth-order valence-electron chi connectivity index (χ4n) is 2.70. The first-order valence-corrected chi connectivity index (χ1v) is 6.80. The normalized spacial score (nSPS) is 28.3. The Morgan fingerprint density at radius 2 is 1.89 bits per heavy atom. The fourth-order valence-corrected chi connectivity index (χ4v) is 2.86. The largest absolute Gasteiger partial charge is 0.329 e. The van der Waals surface area contributed by atoms with E-state index >= 15 is 0 Å². The fraction of sp³-hybridized carbons (Fsp3) is 0.692. The summed E-state index contributed by atoms with van der Waals surface area (Å²) in [6, 6.07) is 0.00316. The Labute approximate surface area is 111 Å². The smallest absolute Gasteiger partial charge is 0.297 e. The molecule has 1 saturated carbocycles. The molecule has 1 aliphatic carbocycles. The van der Waals surface area contributed by atoms with E-state index in [1.165, 1.54) is 4.57 Å². The molecule has 100 valence electrons. The van der Waals surface area contributed by atoms with Crippen LogP contribution >= 0.6 is 11.6 Å². The van der Waals surface area contributed by atoms with Gasteiger partial charge in [-0.2, -0.15) is 0 Å². The Morgan fingerprint density at radius 1 is 1.22 bits per heavy atom. The van der Waals surface area contributed by atoms with Crippen molar-refractivity contribution in [3.05, 3.63) is 31.6 Å². The lowest BCUT2D eigenvalue weighted by atomic mass is 9.79. The number of aromatic nitrogens is 2. The van der Waals surface area contributed by atoms with Crippen LogP contribution in [0, 0.1) is 18.8 Å². The predicted molar refractivity (Wildman–Crippen MR) is 72.3 cm³/mol. The molecule has 0 aromatic carbocycles. The van der Waals surface area contributed by atoms with Gasteiger partial charge in [-0.05, 0) is 38.0 Å². The maximum Gasteiger partial charge on any atom is 0.329 e. The highest BCUT2D eigenvalue weighted by atomic mass is 35.5. The van der Waals surface area contributed by atoms with E-state index < -0.39 is 0 Å². The van der Waals surface area contributed by atoms with Gasteiger partial charge in [0, 0.05) is 11.6 Å². The second kappa shape index (κ2) is 4.92. The number of nitrogens with zero attached hydrogens (tertiary/aromatic N) is 1. The molecule has 0 radical (unpaired) electrons. The van der Waals surface area contributed by atoms with Crippen LogP contribution in [0.3, 0.4) is 0 Å². The second-order valence-corrected chi connectivity index (χ2v) is 5.84. The number of aromatic amines is 1. The number of hydrogen-bond acceptors (Lipinski definition) is 2. The van der Waals surface area contributed by atoms with Gasteiger partial charge in [-0.25, -0.2) is 4.79 Å². The van der Waals surface area contributed by atoms with Crippen LogP contribution in [0.4, 0.5) is 0 Å². The van der Waals surface area contributed by atoms with Crippen molar-refractivity contribution >= 4 is 11.6 Å². The van der Waals surface area contributed by atoms with E-state index in [1.807, 2.05) is 0 Å². The van der Waals surface area contributed by atoms with Gasteiger partial charge in [-0.3, -0.25) is 14.3 Å². The Bertz CT molecular complexity index is 561. The molecule has 0 aliphatic heterocycles. The number of nitrogens with one attached hydrogen (secondary N) is 1. The quantitative estimate of drug-likeness (QED) is 0.797. The molecule has 0 amide bonds. The molecule has 0 spiro atoms. The zero-order valence-electron chi connectivity index (χ0n) is 11.0. The van der Waals surface area contributed by atoms with Gasteiger partial charge in [0.05, 0.1) is 0 Å². The van der Waals surface area contributed by atoms with Crippen molar-refractivity contribution in [2.75, 3.05) is 0 Å². The van der Waals surface area contributed by atoms with E-state index in [-0.39, 0.29) is 22.4 Å². The van der Waals surface area contributed by atoms with E-state index in [4.69, 9.17) is 11.6 Å². The summed E-state index contributed by atoms with van der Waals surface area (Å²) in [6.45, 7) is 6.05. The average Bonchev–Trinajstić information content (AvgIpc) is 2.31. The molecule has 1 fully saturated rings. The molecular formula is C13H19ClN2O2. The van der Waals surface area contributed by atoms with E-state index in [2.05, 4.69) is 18.8 Å². The van der Waals surface area contributed by atoms with E-state index in [0.29, 0.717) is 17.4 Å². The number of H-pyrrole nitrogens is 1. The van der Waals surface area contributed by atoms with Crippen molar-refractivity contribution in [1.29, 1.82) is 0 Å².